The second-order valence-corrected chi connectivity index (χ2v) is 6.35. The molecule has 0 bridgehead atoms. The number of amides is 2. The molecule has 0 aliphatic heterocycles. The number of carboxylic acids is 1. The van der Waals surface area contributed by atoms with E-state index in [4.69, 9.17) is 16.6 Å². The molecule has 0 aromatic heterocycles. The number of carboxylic acid groups (broad SMARTS) is 1. The Labute approximate surface area is 110 Å². The average molecular weight is 295 g/mol. The van der Waals surface area contributed by atoms with Crippen LogP contribution in [0.1, 0.15) is 12.8 Å². The molecule has 6 N–H and O–H groups in total. The summed E-state index contributed by atoms with van der Waals surface area (Å²) >= 11 is 0. The van der Waals surface area contributed by atoms with Gasteiger partial charge in [-0.25, -0.2) is 13.2 Å². The Morgan fingerprint density at radius 3 is 2.21 bits per heavy atom. The predicted molar refractivity (Wildman–Crippen MR) is 65.7 cm³/mol. The molecule has 2 atom stereocenters. The van der Waals surface area contributed by atoms with Gasteiger partial charge in [0.15, 0.2) is 0 Å². The largest absolute Gasteiger partial charge is 0.480 e. The summed E-state index contributed by atoms with van der Waals surface area (Å²) in [6.07, 6.45) is 0.276. The third kappa shape index (κ3) is 8.11. The zero-order valence-electron chi connectivity index (χ0n) is 10.3. The number of hydrogen-bond acceptors (Lipinski definition) is 6. The van der Waals surface area contributed by atoms with Gasteiger partial charge < -0.3 is 21.9 Å². The highest BCUT2D eigenvalue weighted by molar-refractivity contribution is 7.90. The molecule has 9 nitrogen and oxygen atoms in total. The van der Waals surface area contributed by atoms with Crippen LogP contribution in [-0.2, 0) is 24.2 Å². The number of nitrogens with one attached hydrogen (secondary N) is 1. The van der Waals surface area contributed by atoms with Gasteiger partial charge in [0.1, 0.15) is 15.9 Å². The molecule has 0 aliphatic rings. The van der Waals surface area contributed by atoms with Gasteiger partial charge in [-0.05, 0) is 6.42 Å². The summed E-state index contributed by atoms with van der Waals surface area (Å²) in [5.41, 5.74) is 10.3. The molecule has 0 aromatic rings. The summed E-state index contributed by atoms with van der Waals surface area (Å²) in [4.78, 5) is 32.9. The number of hydrogen-bond donors (Lipinski definition) is 4. The Bertz CT molecular complexity index is 461. The molecule has 0 aliphatic carbocycles. The Balaban J connectivity index is 4.47. The van der Waals surface area contributed by atoms with Gasteiger partial charge >= 0.3 is 5.97 Å². The molecule has 0 saturated heterocycles. The highest BCUT2D eigenvalue weighted by Gasteiger charge is 2.25. The lowest BCUT2D eigenvalue weighted by Gasteiger charge is -2.16. The van der Waals surface area contributed by atoms with E-state index in [1.807, 2.05) is 5.32 Å². The summed E-state index contributed by atoms with van der Waals surface area (Å²) in [6.45, 7) is 0. The van der Waals surface area contributed by atoms with Crippen LogP contribution in [0.25, 0.3) is 0 Å². The van der Waals surface area contributed by atoms with Crippen LogP contribution in [0.5, 0.6) is 0 Å². The van der Waals surface area contributed by atoms with Crippen molar-refractivity contribution in [1.82, 2.24) is 5.32 Å². The summed E-state index contributed by atoms with van der Waals surface area (Å²) in [5, 5.41) is 10.8. The van der Waals surface area contributed by atoms with Crippen LogP contribution in [0.15, 0.2) is 0 Å². The molecule has 110 valence electrons. The fourth-order valence-electron chi connectivity index (χ4n) is 1.15. The lowest BCUT2D eigenvalue weighted by molar-refractivity contribution is -0.143. The van der Waals surface area contributed by atoms with Crippen molar-refractivity contribution < 1.29 is 27.9 Å². The first-order valence-electron chi connectivity index (χ1n) is 5.27. The van der Waals surface area contributed by atoms with Crippen LogP contribution in [0.2, 0.25) is 0 Å². The monoisotopic (exact) mass is 295 g/mol. The molecule has 10 heteroatoms. The SMILES string of the molecule is CS(=O)(=O)CCC(N)C(=O)N[C@@H](CC(N)=O)C(=O)O. The highest BCUT2D eigenvalue weighted by atomic mass is 32.2. The van der Waals surface area contributed by atoms with E-state index >= 15 is 0 Å². The number of rotatable bonds is 8. The molecule has 0 spiro atoms. The van der Waals surface area contributed by atoms with Crippen molar-refractivity contribution in [1.29, 1.82) is 0 Å². The topological polar surface area (TPSA) is 170 Å². The second-order valence-electron chi connectivity index (χ2n) is 4.09. The third-order valence-electron chi connectivity index (χ3n) is 2.16. The minimum absolute atomic E-state index is 0.145. The standard InChI is InChI=1S/C9H17N3O6S/c1-19(17,18)3-2-5(10)8(14)12-6(9(15)16)4-7(11)13/h5-6H,2-4,10H2,1H3,(H2,11,13)(H,12,14)(H,15,16)/t5?,6-/m0/s1. The third-order valence-corrected chi connectivity index (χ3v) is 3.13. The van der Waals surface area contributed by atoms with Gasteiger partial charge in [-0.3, -0.25) is 9.59 Å². The van der Waals surface area contributed by atoms with Crippen LogP contribution < -0.4 is 16.8 Å². The van der Waals surface area contributed by atoms with Gasteiger partial charge in [-0.2, -0.15) is 0 Å². The highest BCUT2D eigenvalue weighted by Crippen LogP contribution is 1.97. The molecule has 0 rings (SSSR count). The fourth-order valence-corrected chi connectivity index (χ4v) is 1.83. The van der Waals surface area contributed by atoms with E-state index in [9.17, 15) is 22.8 Å². The molecular formula is C9H17N3O6S. The second kappa shape index (κ2) is 7.04. The zero-order valence-corrected chi connectivity index (χ0v) is 11.1. The lowest BCUT2D eigenvalue weighted by Crippen LogP contribution is -2.50. The van der Waals surface area contributed by atoms with Gasteiger partial charge in [0.2, 0.25) is 11.8 Å². The number of carbonyl (C=O) groups is 3. The molecule has 0 saturated carbocycles. The maximum absolute atomic E-state index is 11.5. The average Bonchev–Trinajstić information content (AvgIpc) is 2.22. The Hall–Kier alpha value is -1.68. The van der Waals surface area contributed by atoms with Gasteiger partial charge in [0, 0.05) is 6.26 Å². The maximum atomic E-state index is 11.5. The molecule has 2 amide bonds. The van der Waals surface area contributed by atoms with E-state index in [-0.39, 0.29) is 12.2 Å². The van der Waals surface area contributed by atoms with Crippen molar-refractivity contribution in [2.45, 2.75) is 24.9 Å². The van der Waals surface area contributed by atoms with E-state index in [0.717, 1.165) is 6.26 Å². The molecule has 1 unspecified atom stereocenters. The van der Waals surface area contributed by atoms with Crippen LogP contribution in [0, 0.1) is 0 Å². The number of carbonyl (C=O) groups excluding carboxylic acids is 2. The molecule has 0 heterocycles. The molecule has 0 fully saturated rings. The van der Waals surface area contributed by atoms with Crippen molar-refractivity contribution in [2.75, 3.05) is 12.0 Å². The number of primary amides is 1. The van der Waals surface area contributed by atoms with E-state index in [0.29, 0.717) is 0 Å². The smallest absolute Gasteiger partial charge is 0.326 e. The normalized spacial score (nSPS) is 14.4. The van der Waals surface area contributed by atoms with Crippen LogP contribution >= 0.6 is 0 Å². The number of nitrogens with two attached hydrogens (primary N) is 2. The van der Waals surface area contributed by atoms with E-state index in [1.54, 1.807) is 0 Å². The lowest BCUT2D eigenvalue weighted by atomic mass is 10.1. The Morgan fingerprint density at radius 1 is 1.32 bits per heavy atom. The quantitative estimate of drug-likeness (QED) is 0.374. The Kier molecular flexibility index (Phi) is 6.42. The first kappa shape index (κ1) is 17.3. The van der Waals surface area contributed by atoms with Crippen molar-refractivity contribution in [2.24, 2.45) is 11.5 Å². The van der Waals surface area contributed by atoms with Gasteiger partial charge in [-0.15, -0.1) is 0 Å². The molecule has 0 radical (unpaired) electrons. The van der Waals surface area contributed by atoms with Crippen LogP contribution in [0.3, 0.4) is 0 Å². The van der Waals surface area contributed by atoms with Gasteiger partial charge in [-0.1, -0.05) is 0 Å². The number of sulfone groups is 1. The van der Waals surface area contributed by atoms with Gasteiger partial charge in [0.05, 0.1) is 18.2 Å². The minimum atomic E-state index is -3.27. The maximum Gasteiger partial charge on any atom is 0.326 e. The van der Waals surface area contributed by atoms with Crippen molar-refractivity contribution in [3.8, 4) is 0 Å². The summed E-state index contributed by atoms with van der Waals surface area (Å²) in [6, 6.07) is -2.65. The first-order chi connectivity index (χ1) is 8.53. The minimum Gasteiger partial charge on any atom is -0.480 e. The van der Waals surface area contributed by atoms with Gasteiger partial charge in [0.25, 0.3) is 0 Å². The van der Waals surface area contributed by atoms with Crippen molar-refractivity contribution >= 4 is 27.6 Å². The Morgan fingerprint density at radius 2 is 1.84 bits per heavy atom. The van der Waals surface area contributed by atoms with E-state index in [1.165, 1.54) is 0 Å². The predicted octanol–water partition coefficient (Wildman–Crippen LogP) is -2.81. The summed E-state index contributed by atoms with van der Waals surface area (Å²) in [5.74, 6) is -3.47. The first-order valence-corrected chi connectivity index (χ1v) is 7.33. The molecular weight excluding hydrogens is 278 g/mol. The van der Waals surface area contributed by atoms with Crippen LogP contribution in [-0.4, -0.2) is 55.4 Å². The number of aliphatic carboxylic acids is 1. The molecule has 19 heavy (non-hydrogen) atoms. The zero-order chi connectivity index (χ0) is 15.2. The summed E-state index contributed by atoms with van der Waals surface area (Å²) < 4.78 is 21.8. The van der Waals surface area contributed by atoms with Crippen molar-refractivity contribution in [3.63, 3.8) is 0 Å². The van der Waals surface area contributed by atoms with Crippen LogP contribution in [0.4, 0.5) is 0 Å². The summed E-state index contributed by atoms with van der Waals surface area (Å²) in [7, 11) is -3.27. The molecule has 0 aromatic carbocycles. The fraction of sp³-hybridized carbons (Fsp3) is 0.667. The van der Waals surface area contributed by atoms with E-state index < -0.39 is 46.1 Å². The van der Waals surface area contributed by atoms with E-state index in [2.05, 4.69) is 0 Å². The van der Waals surface area contributed by atoms with Crippen molar-refractivity contribution in [3.05, 3.63) is 0 Å².